The molecule has 1 atom stereocenters. The molecule has 2 aromatic carbocycles. The summed E-state index contributed by atoms with van der Waals surface area (Å²) >= 11 is 1.57. The smallest absolute Gasteiger partial charge is 0.322 e. The highest BCUT2D eigenvalue weighted by Crippen LogP contribution is 2.40. The van der Waals surface area contributed by atoms with E-state index >= 15 is 0 Å². The molecule has 1 amide bonds. The molecule has 1 saturated heterocycles. The molecule has 2 aromatic rings. The fraction of sp³-hybridized carbons (Fsp3) is 0.381. The lowest BCUT2D eigenvalue weighted by atomic mass is 9.86. The summed E-state index contributed by atoms with van der Waals surface area (Å²) in [5.74, 6) is 0.669. The van der Waals surface area contributed by atoms with E-state index in [1.54, 1.807) is 16.7 Å². The third kappa shape index (κ3) is 4.32. The summed E-state index contributed by atoms with van der Waals surface area (Å²) in [6.45, 7) is 6.92. The van der Waals surface area contributed by atoms with Crippen LogP contribution in [-0.4, -0.2) is 23.1 Å². The molecule has 2 nitrogen and oxygen atoms in total. The van der Waals surface area contributed by atoms with Crippen molar-refractivity contribution in [3.63, 3.8) is 0 Å². The quantitative estimate of drug-likeness (QED) is 0.634. The molecule has 0 radical (unpaired) electrons. The van der Waals surface area contributed by atoms with E-state index in [4.69, 9.17) is 0 Å². The zero-order chi connectivity index (χ0) is 19.8. The normalized spacial score (nSPS) is 18.0. The number of amides is 1. The Labute approximate surface area is 161 Å². The van der Waals surface area contributed by atoms with Gasteiger partial charge in [0.15, 0.2) is 0 Å². The van der Waals surface area contributed by atoms with Gasteiger partial charge in [0, 0.05) is 17.9 Å². The van der Waals surface area contributed by atoms with Gasteiger partial charge in [-0.25, -0.2) is 0 Å². The molecule has 6 heteroatoms. The Bertz CT molecular complexity index is 807. The van der Waals surface area contributed by atoms with Crippen LogP contribution in [0.1, 0.15) is 53.2 Å². The van der Waals surface area contributed by atoms with E-state index < -0.39 is 11.7 Å². The highest BCUT2D eigenvalue weighted by Gasteiger charge is 2.33. The maximum Gasteiger partial charge on any atom is 0.416 e. The molecule has 0 saturated carbocycles. The Kier molecular flexibility index (Phi) is 5.30. The van der Waals surface area contributed by atoms with Gasteiger partial charge >= 0.3 is 6.18 Å². The number of carbonyl (C=O) groups excluding carboxylic acids is 1. The average molecular weight is 393 g/mol. The fourth-order valence-corrected chi connectivity index (χ4v) is 4.33. The monoisotopic (exact) mass is 393 g/mol. The summed E-state index contributed by atoms with van der Waals surface area (Å²) in [5.41, 5.74) is 1.79. The van der Waals surface area contributed by atoms with Crippen molar-refractivity contribution >= 4 is 17.7 Å². The average Bonchev–Trinajstić information content (AvgIpc) is 3.09. The first-order valence-corrected chi connectivity index (χ1v) is 9.82. The van der Waals surface area contributed by atoms with Crippen molar-refractivity contribution in [1.29, 1.82) is 0 Å². The number of halogens is 3. The van der Waals surface area contributed by atoms with Crippen LogP contribution >= 0.6 is 11.8 Å². The van der Waals surface area contributed by atoms with Gasteiger partial charge in [-0.15, -0.1) is 11.8 Å². The standard InChI is InChI=1S/C21H22F3NOS/c1-20(2,3)16-8-4-14(5-9-16)18(26)25-12-13-27-19(25)15-6-10-17(11-7-15)21(22,23)24/h4-11,19H,12-13H2,1-3H3. The number of benzene rings is 2. The molecular weight excluding hydrogens is 371 g/mol. The Morgan fingerprint density at radius 1 is 0.963 bits per heavy atom. The molecule has 1 fully saturated rings. The Morgan fingerprint density at radius 2 is 1.52 bits per heavy atom. The highest BCUT2D eigenvalue weighted by molar-refractivity contribution is 7.99. The van der Waals surface area contributed by atoms with Crippen LogP contribution in [0.2, 0.25) is 0 Å². The van der Waals surface area contributed by atoms with Crippen molar-refractivity contribution in [3.05, 3.63) is 70.8 Å². The number of hydrogen-bond donors (Lipinski definition) is 0. The van der Waals surface area contributed by atoms with Crippen LogP contribution in [0.5, 0.6) is 0 Å². The predicted molar refractivity (Wildman–Crippen MR) is 103 cm³/mol. The first kappa shape index (κ1) is 19.8. The summed E-state index contributed by atoms with van der Waals surface area (Å²) in [6.07, 6.45) is -4.36. The first-order chi connectivity index (χ1) is 12.6. The van der Waals surface area contributed by atoms with Gasteiger partial charge < -0.3 is 4.90 Å². The molecule has 1 aliphatic rings. The topological polar surface area (TPSA) is 20.3 Å². The van der Waals surface area contributed by atoms with E-state index in [-0.39, 0.29) is 16.7 Å². The minimum atomic E-state index is -4.36. The van der Waals surface area contributed by atoms with Crippen LogP contribution in [0.3, 0.4) is 0 Å². The summed E-state index contributed by atoms with van der Waals surface area (Å²) in [5, 5.41) is -0.262. The summed E-state index contributed by atoms with van der Waals surface area (Å²) in [7, 11) is 0. The molecule has 0 aliphatic carbocycles. The number of rotatable bonds is 2. The van der Waals surface area contributed by atoms with Crippen LogP contribution in [0.25, 0.3) is 0 Å². The maximum absolute atomic E-state index is 13.0. The first-order valence-electron chi connectivity index (χ1n) is 8.77. The number of alkyl halides is 3. The highest BCUT2D eigenvalue weighted by atomic mass is 32.2. The Hall–Kier alpha value is -1.95. The molecule has 27 heavy (non-hydrogen) atoms. The minimum absolute atomic E-state index is 0.00778. The number of hydrogen-bond acceptors (Lipinski definition) is 2. The lowest BCUT2D eigenvalue weighted by Crippen LogP contribution is -2.30. The summed E-state index contributed by atoms with van der Waals surface area (Å²) in [6, 6.07) is 12.7. The number of nitrogens with zero attached hydrogens (tertiary/aromatic N) is 1. The van der Waals surface area contributed by atoms with Crippen LogP contribution in [-0.2, 0) is 11.6 Å². The fourth-order valence-electron chi connectivity index (χ4n) is 3.07. The van der Waals surface area contributed by atoms with E-state index in [9.17, 15) is 18.0 Å². The third-order valence-electron chi connectivity index (χ3n) is 4.67. The predicted octanol–water partition coefficient (Wildman–Crippen LogP) is 5.89. The molecule has 0 bridgehead atoms. The lowest BCUT2D eigenvalue weighted by molar-refractivity contribution is -0.137. The molecule has 144 valence electrons. The van der Waals surface area contributed by atoms with Crippen molar-refractivity contribution in [1.82, 2.24) is 4.90 Å². The van der Waals surface area contributed by atoms with Crippen molar-refractivity contribution in [2.45, 2.75) is 37.7 Å². The van der Waals surface area contributed by atoms with Gasteiger partial charge in [0.25, 0.3) is 5.91 Å². The zero-order valence-electron chi connectivity index (χ0n) is 15.5. The van der Waals surface area contributed by atoms with Crippen LogP contribution in [0, 0.1) is 0 Å². The van der Waals surface area contributed by atoms with Crippen molar-refractivity contribution in [3.8, 4) is 0 Å². The number of carbonyl (C=O) groups is 1. The molecule has 1 unspecified atom stereocenters. The molecule has 0 N–H and O–H groups in total. The lowest BCUT2D eigenvalue weighted by Gasteiger charge is -2.25. The second-order valence-corrected chi connectivity index (χ2v) is 8.86. The molecule has 3 rings (SSSR count). The van der Waals surface area contributed by atoms with Crippen molar-refractivity contribution < 1.29 is 18.0 Å². The second kappa shape index (κ2) is 7.23. The van der Waals surface area contributed by atoms with Gasteiger partial charge in [-0.3, -0.25) is 4.79 Å². The van der Waals surface area contributed by atoms with Gasteiger partial charge in [0.05, 0.1) is 5.56 Å². The van der Waals surface area contributed by atoms with Gasteiger partial charge in [0.2, 0.25) is 0 Å². The van der Waals surface area contributed by atoms with E-state index in [2.05, 4.69) is 20.8 Å². The van der Waals surface area contributed by atoms with Crippen LogP contribution in [0.15, 0.2) is 48.5 Å². The van der Waals surface area contributed by atoms with E-state index in [1.807, 2.05) is 24.3 Å². The van der Waals surface area contributed by atoms with Crippen LogP contribution in [0.4, 0.5) is 13.2 Å². The summed E-state index contributed by atoms with van der Waals surface area (Å²) in [4.78, 5) is 14.7. The van der Waals surface area contributed by atoms with Gasteiger partial charge in [0.1, 0.15) is 5.37 Å². The van der Waals surface area contributed by atoms with E-state index in [0.29, 0.717) is 17.7 Å². The second-order valence-electron chi connectivity index (χ2n) is 7.67. The Balaban J connectivity index is 1.80. The molecule has 0 aromatic heterocycles. The van der Waals surface area contributed by atoms with E-state index in [0.717, 1.165) is 23.4 Å². The van der Waals surface area contributed by atoms with Gasteiger partial charge in [-0.2, -0.15) is 13.2 Å². The molecular formula is C21H22F3NOS. The van der Waals surface area contributed by atoms with E-state index in [1.165, 1.54) is 12.1 Å². The number of thioether (sulfide) groups is 1. The third-order valence-corrected chi connectivity index (χ3v) is 5.93. The van der Waals surface area contributed by atoms with Gasteiger partial charge in [-0.05, 0) is 40.8 Å². The molecule has 1 aliphatic heterocycles. The molecule has 1 heterocycles. The van der Waals surface area contributed by atoms with Crippen LogP contribution < -0.4 is 0 Å². The van der Waals surface area contributed by atoms with Gasteiger partial charge in [-0.1, -0.05) is 45.0 Å². The Morgan fingerprint density at radius 3 is 2.04 bits per heavy atom. The molecule has 0 spiro atoms. The largest absolute Gasteiger partial charge is 0.416 e. The minimum Gasteiger partial charge on any atom is -0.322 e. The summed E-state index contributed by atoms with van der Waals surface area (Å²) < 4.78 is 38.3. The maximum atomic E-state index is 13.0. The van der Waals surface area contributed by atoms with Crippen molar-refractivity contribution in [2.75, 3.05) is 12.3 Å². The zero-order valence-corrected chi connectivity index (χ0v) is 16.3. The van der Waals surface area contributed by atoms with Crippen molar-refractivity contribution in [2.24, 2.45) is 0 Å². The SMILES string of the molecule is CC(C)(C)c1ccc(C(=O)N2CCSC2c2ccc(C(F)(F)F)cc2)cc1.